The maximum absolute atomic E-state index is 12.3. The minimum atomic E-state index is -1.10. The van der Waals surface area contributed by atoms with Crippen molar-refractivity contribution < 1.29 is 4.39 Å². The molecule has 0 amide bonds. The fourth-order valence-corrected chi connectivity index (χ4v) is 0.547. The lowest BCUT2D eigenvalue weighted by molar-refractivity contribution is 0.245. The predicted molar refractivity (Wildman–Crippen MR) is 32.5 cm³/mol. The Morgan fingerprint density at radius 1 is 1.89 bits per heavy atom. The van der Waals surface area contributed by atoms with Crippen molar-refractivity contribution in [1.82, 2.24) is 9.78 Å². The van der Waals surface area contributed by atoms with E-state index in [2.05, 4.69) is 5.10 Å². The molecule has 1 heterocycles. The number of nitrogens with two attached hydrogens (primary N) is 1. The topological polar surface area (TPSA) is 43.8 Å². The highest BCUT2D eigenvalue weighted by molar-refractivity contribution is 5.30. The number of hydrogen-bond donors (Lipinski definition) is 1. The monoisotopic (exact) mass is 129 g/mol. The van der Waals surface area contributed by atoms with Gasteiger partial charge in [0.25, 0.3) is 0 Å². The summed E-state index contributed by atoms with van der Waals surface area (Å²) in [6.07, 6.45) is 1.77. The Morgan fingerprint density at radius 3 is 2.78 bits per heavy atom. The van der Waals surface area contributed by atoms with E-state index in [0.29, 0.717) is 5.69 Å². The second kappa shape index (κ2) is 2.05. The number of anilines is 1. The fraction of sp³-hybridized carbons (Fsp3) is 0.400. The fourth-order valence-electron chi connectivity index (χ4n) is 0.547. The summed E-state index contributed by atoms with van der Waals surface area (Å²) in [7, 11) is 0. The third-order valence-corrected chi connectivity index (χ3v) is 0.986. The van der Waals surface area contributed by atoms with Gasteiger partial charge in [0.15, 0.2) is 6.30 Å². The molecule has 0 fully saturated rings. The van der Waals surface area contributed by atoms with Crippen molar-refractivity contribution in [3.63, 3.8) is 0 Å². The van der Waals surface area contributed by atoms with Gasteiger partial charge in [-0.05, 0) is 6.92 Å². The largest absolute Gasteiger partial charge is 0.396 e. The molecule has 1 rings (SSSR count). The summed E-state index contributed by atoms with van der Waals surface area (Å²) in [6.45, 7) is 1.40. The molecule has 4 heteroatoms. The van der Waals surface area contributed by atoms with Gasteiger partial charge in [-0.1, -0.05) is 0 Å². The smallest absolute Gasteiger partial charge is 0.188 e. The number of hydrogen-bond acceptors (Lipinski definition) is 2. The van der Waals surface area contributed by atoms with Gasteiger partial charge in [0.05, 0.1) is 18.1 Å². The molecule has 0 aromatic carbocycles. The van der Waals surface area contributed by atoms with Crippen LogP contribution in [0.2, 0.25) is 0 Å². The molecule has 0 aliphatic heterocycles. The first-order valence-corrected chi connectivity index (χ1v) is 2.64. The molecule has 0 saturated heterocycles. The summed E-state index contributed by atoms with van der Waals surface area (Å²) in [5.74, 6) is 0. The molecule has 0 aliphatic rings. The lowest BCUT2D eigenvalue weighted by Gasteiger charge is -1.97. The van der Waals surface area contributed by atoms with Crippen molar-refractivity contribution in [3.05, 3.63) is 12.4 Å². The zero-order valence-electron chi connectivity index (χ0n) is 5.08. The van der Waals surface area contributed by atoms with Crippen LogP contribution in [0.15, 0.2) is 12.4 Å². The van der Waals surface area contributed by atoms with E-state index in [-0.39, 0.29) is 0 Å². The minimum Gasteiger partial charge on any atom is -0.396 e. The van der Waals surface area contributed by atoms with E-state index in [0.717, 1.165) is 4.68 Å². The molecule has 0 aliphatic carbocycles. The standard InChI is InChI=1S/C5H8FN3/c1-4(6)9-3-5(7)2-8-9/h2-4H,7H2,1H3. The molecule has 1 aromatic rings. The number of nitrogen functional groups attached to an aromatic ring is 1. The first-order valence-electron chi connectivity index (χ1n) is 2.64. The van der Waals surface area contributed by atoms with E-state index in [1.807, 2.05) is 0 Å². The Labute approximate surface area is 52.3 Å². The highest BCUT2D eigenvalue weighted by Crippen LogP contribution is 2.07. The zero-order chi connectivity index (χ0) is 6.85. The van der Waals surface area contributed by atoms with Crippen LogP contribution in [0.3, 0.4) is 0 Å². The van der Waals surface area contributed by atoms with E-state index in [1.165, 1.54) is 19.3 Å². The lowest BCUT2D eigenvalue weighted by Crippen LogP contribution is -1.98. The van der Waals surface area contributed by atoms with Gasteiger partial charge >= 0.3 is 0 Å². The Balaban J connectivity index is 2.85. The maximum Gasteiger partial charge on any atom is 0.188 e. The number of aromatic nitrogens is 2. The minimum absolute atomic E-state index is 0.486. The van der Waals surface area contributed by atoms with E-state index in [9.17, 15) is 4.39 Å². The van der Waals surface area contributed by atoms with Crippen LogP contribution in [-0.2, 0) is 0 Å². The molecule has 0 radical (unpaired) electrons. The molecular formula is C5H8FN3. The number of rotatable bonds is 1. The van der Waals surface area contributed by atoms with E-state index in [4.69, 9.17) is 5.73 Å². The molecule has 0 spiro atoms. The van der Waals surface area contributed by atoms with E-state index >= 15 is 0 Å². The average molecular weight is 129 g/mol. The molecule has 1 atom stereocenters. The number of nitrogens with zero attached hydrogens (tertiary/aromatic N) is 2. The predicted octanol–water partition coefficient (Wildman–Crippen LogP) is 0.953. The molecule has 2 N–H and O–H groups in total. The van der Waals surface area contributed by atoms with Gasteiger partial charge in [-0.3, -0.25) is 0 Å². The van der Waals surface area contributed by atoms with E-state index in [1.54, 1.807) is 0 Å². The Morgan fingerprint density at radius 2 is 2.56 bits per heavy atom. The Kier molecular flexibility index (Phi) is 1.38. The van der Waals surface area contributed by atoms with Crippen LogP contribution in [0, 0.1) is 0 Å². The van der Waals surface area contributed by atoms with Gasteiger partial charge in [-0.2, -0.15) is 5.10 Å². The SMILES string of the molecule is CC(F)n1cc(N)cn1. The highest BCUT2D eigenvalue weighted by Gasteiger charge is 1.99. The Hall–Kier alpha value is -1.06. The number of alkyl halides is 1. The van der Waals surface area contributed by atoms with Gasteiger partial charge < -0.3 is 5.73 Å². The van der Waals surface area contributed by atoms with Crippen LogP contribution in [0.5, 0.6) is 0 Å². The molecule has 9 heavy (non-hydrogen) atoms. The van der Waals surface area contributed by atoms with Crippen molar-refractivity contribution in [2.24, 2.45) is 0 Å². The summed E-state index contributed by atoms with van der Waals surface area (Å²) in [4.78, 5) is 0. The third kappa shape index (κ3) is 1.19. The summed E-state index contributed by atoms with van der Waals surface area (Å²) in [5, 5.41) is 3.63. The third-order valence-electron chi connectivity index (χ3n) is 0.986. The molecule has 1 aromatic heterocycles. The van der Waals surface area contributed by atoms with Gasteiger partial charge in [-0.15, -0.1) is 0 Å². The summed E-state index contributed by atoms with van der Waals surface area (Å²) in [5.41, 5.74) is 5.75. The van der Waals surface area contributed by atoms with Crippen LogP contribution >= 0.6 is 0 Å². The summed E-state index contributed by atoms with van der Waals surface area (Å²) >= 11 is 0. The maximum atomic E-state index is 12.3. The van der Waals surface area contributed by atoms with Gasteiger partial charge in [-0.25, -0.2) is 9.07 Å². The van der Waals surface area contributed by atoms with Crippen molar-refractivity contribution in [1.29, 1.82) is 0 Å². The van der Waals surface area contributed by atoms with Crippen LogP contribution in [-0.4, -0.2) is 9.78 Å². The van der Waals surface area contributed by atoms with Gasteiger partial charge in [0, 0.05) is 0 Å². The van der Waals surface area contributed by atoms with Crippen molar-refractivity contribution in [2.75, 3.05) is 5.73 Å². The normalized spacial score (nSPS) is 13.6. The Bertz CT molecular complexity index is 194. The molecule has 0 bridgehead atoms. The summed E-state index contributed by atoms with van der Waals surface area (Å²) in [6, 6.07) is 0. The first-order chi connectivity index (χ1) is 4.20. The van der Waals surface area contributed by atoms with Crippen LogP contribution in [0.4, 0.5) is 10.1 Å². The molecule has 3 nitrogen and oxygen atoms in total. The molecule has 50 valence electrons. The molecular weight excluding hydrogens is 121 g/mol. The van der Waals surface area contributed by atoms with Gasteiger partial charge in [0.1, 0.15) is 0 Å². The molecule has 0 saturated carbocycles. The second-order valence-corrected chi connectivity index (χ2v) is 1.83. The van der Waals surface area contributed by atoms with Crippen LogP contribution in [0.25, 0.3) is 0 Å². The quantitative estimate of drug-likeness (QED) is 0.613. The first kappa shape index (κ1) is 6.07. The van der Waals surface area contributed by atoms with Crippen LogP contribution < -0.4 is 5.73 Å². The van der Waals surface area contributed by atoms with Crippen molar-refractivity contribution >= 4 is 5.69 Å². The van der Waals surface area contributed by atoms with Crippen molar-refractivity contribution in [2.45, 2.75) is 13.2 Å². The second-order valence-electron chi connectivity index (χ2n) is 1.83. The average Bonchev–Trinajstić information content (AvgIpc) is 2.14. The van der Waals surface area contributed by atoms with E-state index < -0.39 is 6.30 Å². The summed E-state index contributed by atoms with van der Waals surface area (Å²) < 4.78 is 13.5. The zero-order valence-corrected chi connectivity index (χ0v) is 5.08. The van der Waals surface area contributed by atoms with Crippen molar-refractivity contribution in [3.8, 4) is 0 Å². The lowest BCUT2D eigenvalue weighted by atomic mass is 10.6. The highest BCUT2D eigenvalue weighted by atomic mass is 19.1. The van der Waals surface area contributed by atoms with Gasteiger partial charge in [0.2, 0.25) is 0 Å². The number of halogens is 1. The molecule has 1 unspecified atom stereocenters. The van der Waals surface area contributed by atoms with Crippen LogP contribution in [0.1, 0.15) is 13.2 Å².